The van der Waals surface area contributed by atoms with Crippen LogP contribution in [0.3, 0.4) is 0 Å². The molecule has 0 amide bonds. The van der Waals surface area contributed by atoms with Crippen LogP contribution in [0.4, 0.5) is 0 Å². The largest absolute Gasteiger partial charge is 0.456 e. The molecule has 0 radical (unpaired) electrons. The van der Waals surface area contributed by atoms with Gasteiger partial charge in [0.25, 0.3) is 15.6 Å². The summed E-state index contributed by atoms with van der Waals surface area (Å²) in [4.78, 5) is 14.9. The van der Waals surface area contributed by atoms with E-state index in [4.69, 9.17) is 5.53 Å². The maximum atomic E-state index is 12.4. The summed E-state index contributed by atoms with van der Waals surface area (Å²) in [6, 6.07) is 12.0. The lowest BCUT2D eigenvalue weighted by molar-refractivity contribution is -0.00158. The minimum absolute atomic E-state index is 0.101. The Morgan fingerprint density at radius 2 is 1.59 bits per heavy atom. The molecule has 7 heteroatoms. The second kappa shape index (κ2) is 6.36. The van der Waals surface area contributed by atoms with Gasteiger partial charge in [0.1, 0.15) is 0 Å². The number of carbonyl (C=O) groups is 1. The lowest BCUT2D eigenvalue weighted by Crippen LogP contribution is -2.26. The average molecular weight is 379 g/mol. The monoisotopic (exact) mass is 378 g/mol. The zero-order chi connectivity index (χ0) is 16.3. The quantitative estimate of drug-likeness (QED) is 0.270. The molecule has 2 rings (SSSR count). The molecular weight excluding hydrogens is 368 g/mol. The fourth-order valence-corrected chi connectivity index (χ4v) is 3.23. The SMILES string of the molecule is Cc1ccc(S(=O)(=O)C(=[N+]=[N-])C(=O)c2ccc(Br)cc2)cc1. The molecule has 0 fully saturated rings. The fraction of sp³-hybridized carbons (Fsp3) is 0.0667. The van der Waals surface area contributed by atoms with Gasteiger partial charge in [-0.15, -0.1) is 4.79 Å². The van der Waals surface area contributed by atoms with Gasteiger partial charge in [0.15, 0.2) is 0 Å². The standard InChI is InChI=1S/C15H11BrN2O3S/c1-10-2-8-13(9-3-10)22(20,21)15(18-17)14(19)11-4-6-12(16)7-5-11/h2-9H,1H3. The van der Waals surface area contributed by atoms with Crippen molar-refractivity contribution in [2.24, 2.45) is 0 Å². The molecule has 2 aromatic rings. The molecular formula is C15H11BrN2O3S. The van der Waals surface area contributed by atoms with Crippen LogP contribution in [-0.4, -0.2) is 24.0 Å². The molecule has 0 aliphatic carbocycles. The molecule has 0 N–H and O–H groups in total. The van der Waals surface area contributed by atoms with Crippen LogP contribution >= 0.6 is 15.9 Å². The maximum absolute atomic E-state index is 12.4. The van der Waals surface area contributed by atoms with Crippen LogP contribution in [0, 0.1) is 6.92 Å². The molecule has 0 spiro atoms. The van der Waals surface area contributed by atoms with Crippen LogP contribution < -0.4 is 0 Å². The zero-order valence-corrected chi connectivity index (χ0v) is 13.9. The van der Waals surface area contributed by atoms with Crippen LogP contribution in [0.1, 0.15) is 15.9 Å². The van der Waals surface area contributed by atoms with E-state index in [2.05, 4.69) is 20.7 Å². The minimum atomic E-state index is -4.19. The van der Waals surface area contributed by atoms with Crippen LogP contribution in [0.15, 0.2) is 57.9 Å². The summed E-state index contributed by atoms with van der Waals surface area (Å²) in [6.45, 7) is 1.81. The van der Waals surface area contributed by atoms with Crippen molar-refractivity contribution < 1.29 is 18.0 Å². The third kappa shape index (κ3) is 3.22. The van der Waals surface area contributed by atoms with Gasteiger partial charge in [-0.3, -0.25) is 4.79 Å². The van der Waals surface area contributed by atoms with E-state index in [1.807, 2.05) is 6.92 Å². The highest BCUT2D eigenvalue weighted by Gasteiger charge is 2.38. The van der Waals surface area contributed by atoms with Crippen molar-refractivity contribution in [3.8, 4) is 0 Å². The Hall–Kier alpha value is -2.08. The van der Waals surface area contributed by atoms with Crippen LogP contribution in [0.25, 0.3) is 5.53 Å². The van der Waals surface area contributed by atoms with Crippen molar-refractivity contribution in [3.63, 3.8) is 0 Å². The predicted octanol–water partition coefficient (Wildman–Crippen LogP) is 3.04. The molecule has 112 valence electrons. The Balaban J connectivity index is 2.47. The van der Waals surface area contributed by atoms with E-state index in [-0.39, 0.29) is 10.5 Å². The number of carbonyl (C=O) groups excluding carboxylic acids is 1. The molecule has 0 unspecified atom stereocenters. The first kappa shape index (κ1) is 16.3. The lowest BCUT2D eigenvalue weighted by atomic mass is 10.1. The molecule has 0 aliphatic rings. The maximum Gasteiger partial charge on any atom is 0.456 e. The summed E-state index contributed by atoms with van der Waals surface area (Å²) >= 11 is 3.22. The Bertz CT molecular complexity index is 866. The van der Waals surface area contributed by atoms with Gasteiger partial charge >= 0.3 is 5.04 Å². The van der Waals surface area contributed by atoms with Gasteiger partial charge in [0.2, 0.25) is 0 Å². The van der Waals surface area contributed by atoms with Crippen molar-refractivity contribution in [1.82, 2.24) is 0 Å². The van der Waals surface area contributed by atoms with Crippen molar-refractivity contribution in [2.75, 3.05) is 0 Å². The van der Waals surface area contributed by atoms with Gasteiger partial charge in [-0.2, -0.15) is 0 Å². The highest BCUT2D eigenvalue weighted by Crippen LogP contribution is 2.17. The zero-order valence-electron chi connectivity index (χ0n) is 11.5. The number of rotatable bonds is 3. The first-order valence-corrected chi connectivity index (χ1v) is 8.48. The van der Waals surface area contributed by atoms with Crippen LogP contribution in [0.5, 0.6) is 0 Å². The Morgan fingerprint density at radius 3 is 2.09 bits per heavy atom. The smallest absolute Gasteiger partial charge is 0.360 e. The van der Waals surface area contributed by atoms with Crippen molar-refractivity contribution in [3.05, 3.63) is 69.7 Å². The number of sulfone groups is 1. The molecule has 0 saturated carbocycles. The van der Waals surface area contributed by atoms with E-state index in [0.717, 1.165) is 10.0 Å². The van der Waals surface area contributed by atoms with Gasteiger partial charge in [-0.05, 0) is 43.3 Å². The van der Waals surface area contributed by atoms with Crippen LogP contribution in [0.2, 0.25) is 0 Å². The minimum Gasteiger partial charge on any atom is -0.360 e. The van der Waals surface area contributed by atoms with Crippen molar-refractivity contribution in [2.45, 2.75) is 11.8 Å². The topological polar surface area (TPSA) is 87.6 Å². The molecule has 0 bridgehead atoms. The van der Waals surface area contributed by atoms with Gasteiger partial charge in [-0.1, -0.05) is 33.6 Å². The number of hydrogen-bond donors (Lipinski definition) is 0. The first-order valence-electron chi connectivity index (χ1n) is 6.20. The summed E-state index contributed by atoms with van der Waals surface area (Å²) in [6.07, 6.45) is 0. The third-order valence-corrected chi connectivity index (χ3v) is 5.17. The number of ketones is 1. The number of aryl methyl sites for hydroxylation is 1. The summed E-state index contributed by atoms with van der Waals surface area (Å²) in [5, 5.41) is -0.904. The van der Waals surface area contributed by atoms with E-state index in [1.165, 1.54) is 24.3 Å². The molecule has 5 nitrogen and oxygen atoms in total. The third-order valence-electron chi connectivity index (χ3n) is 2.98. The second-order valence-electron chi connectivity index (χ2n) is 4.56. The Morgan fingerprint density at radius 1 is 1.05 bits per heavy atom. The molecule has 0 aliphatic heterocycles. The summed E-state index contributed by atoms with van der Waals surface area (Å²) < 4.78 is 25.6. The molecule has 0 saturated heterocycles. The average Bonchev–Trinajstić information content (AvgIpc) is 2.48. The first-order chi connectivity index (χ1) is 10.4. The van der Waals surface area contributed by atoms with Gasteiger partial charge < -0.3 is 5.53 Å². The van der Waals surface area contributed by atoms with Gasteiger partial charge in [-0.25, -0.2) is 8.42 Å². The number of hydrogen-bond acceptors (Lipinski definition) is 3. The highest BCUT2D eigenvalue weighted by molar-refractivity contribution is 9.10. The number of halogens is 1. The number of nitrogens with zero attached hydrogens (tertiary/aromatic N) is 2. The Kier molecular flexibility index (Phi) is 4.71. The molecule has 0 heterocycles. The molecule has 2 aromatic carbocycles. The summed E-state index contributed by atoms with van der Waals surface area (Å²) in [5.41, 5.74) is 10.0. The predicted molar refractivity (Wildman–Crippen MR) is 85.5 cm³/mol. The van der Waals surface area contributed by atoms with E-state index in [0.29, 0.717) is 0 Å². The second-order valence-corrected chi connectivity index (χ2v) is 7.34. The summed E-state index contributed by atoms with van der Waals surface area (Å²) in [5.74, 6) is -0.865. The number of benzene rings is 2. The van der Waals surface area contributed by atoms with Gasteiger partial charge in [0, 0.05) is 10.0 Å². The van der Waals surface area contributed by atoms with Crippen molar-refractivity contribution >= 4 is 36.6 Å². The number of Topliss-reactive ketones (excluding diaryl/α,β-unsaturated/α-hetero) is 1. The molecule has 0 atom stereocenters. The molecule has 0 aromatic heterocycles. The van der Waals surface area contributed by atoms with E-state index in [9.17, 15) is 13.2 Å². The Labute approximate surface area is 136 Å². The highest BCUT2D eigenvalue weighted by atomic mass is 79.9. The van der Waals surface area contributed by atoms with E-state index in [1.54, 1.807) is 24.3 Å². The summed E-state index contributed by atoms with van der Waals surface area (Å²) in [7, 11) is -4.19. The fourth-order valence-electron chi connectivity index (χ4n) is 1.77. The molecule has 22 heavy (non-hydrogen) atoms. The van der Waals surface area contributed by atoms with Gasteiger partial charge in [0.05, 0.1) is 4.90 Å². The van der Waals surface area contributed by atoms with E-state index < -0.39 is 20.7 Å². The van der Waals surface area contributed by atoms with Crippen molar-refractivity contribution in [1.29, 1.82) is 0 Å². The van der Waals surface area contributed by atoms with Crippen LogP contribution in [-0.2, 0) is 9.84 Å². The normalized spacial score (nSPS) is 10.8. The van der Waals surface area contributed by atoms with E-state index >= 15 is 0 Å². The lowest BCUT2D eigenvalue weighted by Gasteiger charge is -2.01.